The van der Waals surface area contributed by atoms with Crippen LogP contribution in [-0.4, -0.2) is 18.6 Å². The van der Waals surface area contributed by atoms with E-state index in [2.05, 4.69) is 30.2 Å². The summed E-state index contributed by atoms with van der Waals surface area (Å²) in [5.74, 6) is 0.577. The van der Waals surface area contributed by atoms with Crippen molar-refractivity contribution in [3.8, 4) is 0 Å². The first-order valence-electron chi connectivity index (χ1n) is 5.38. The second kappa shape index (κ2) is 6.53. The predicted molar refractivity (Wildman–Crippen MR) is 61.5 cm³/mol. The molecule has 0 fully saturated rings. The number of hydrogen-bond donors (Lipinski definition) is 1. The minimum atomic E-state index is 0.577. The smallest absolute Gasteiger partial charge is 0.0887 e. The van der Waals surface area contributed by atoms with Crippen molar-refractivity contribution in [2.45, 2.75) is 27.0 Å². The lowest BCUT2D eigenvalue weighted by molar-refractivity contribution is 0.0948. The Balaban J connectivity index is 2.36. The highest BCUT2D eigenvalue weighted by Crippen LogP contribution is 2.03. The summed E-state index contributed by atoms with van der Waals surface area (Å²) in [7, 11) is 1.93. The summed E-state index contributed by atoms with van der Waals surface area (Å²) in [6.45, 7) is 6.55. The van der Waals surface area contributed by atoms with Crippen LogP contribution in [-0.2, 0) is 17.9 Å². The molecule has 1 heterocycles. The Hall–Kier alpha value is -0.930. The Kier molecular flexibility index (Phi) is 5.29. The van der Waals surface area contributed by atoms with Crippen molar-refractivity contribution in [2.24, 2.45) is 5.92 Å². The fourth-order valence-electron chi connectivity index (χ4n) is 1.25. The molecule has 0 aliphatic rings. The Morgan fingerprint density at radius 1 is 1.40 bits per heavy atom. The molecule has 0 aliphatic heterocycles. The number of nitrogens with zero attached hydrogens (tertiary/aromatic N) is 1. The third kappa shape index (κ3) is 4.91. The van der Waals surface area contributed by atoms with Crippen LogP contribution >= 0.6 is 0 Å². The van der Waals surface area contributed by atoms with Crippen LogP contribution in [0.15, 0.2) is 18.3 Å². The van der Waals surface area contributed by atoms with Gasteiger partial charge in [-0.2, -0.15) is 0 Å². The first kappa shape index (κ1) is 12.1. The molecule has 0 unspecified atom stereocenters. The lowest BCUT2D eigenvalue weighted by Crippen LogP contribution is -2.06. The number of ether oxygens (including phenoxy) is 1. The summed E-state index contributed by atoms with van der Waals surface area (Å²) in [6, 6.07) is 4.10. The normalized spacial score (nSPS) is 10.9. The molecule has 0 radical (unpaired) electrons. The van der Waals surface area contributed by atoms with E-state index in [1.54, 1.807) is 0 Å². The van der Waals surface area contributed by atoms with E-state index in [0.29, 0.717) is 12.5 Å². The molecule has 0 bridgehead atoms. The Bertz CT molecular complexity index is 269. The summed E-state index contributed by atoms with van der Waals surface area (Å²) in [5, 5.41) is 3.09. The van der Waals surface area contributed by atoms with Crippen LogP contribution in [0.5, 0.6) is 0 Å². The molecule has 0 amide bonds. The molecule has 1 rings (SSSR count). The van der Waals surface area contributed by atoms with E-state index in [1.807, 2.05) is 19.3 Å². The number of nitrogens with one attached hydrogen (secondary N) is 1. The molecule has 0 atom stereocenters. The van der Waals surface area contributed by atoms with Gasteiger partial charge >= 0.3 is 0 Å². The Morgan fingerprint density at radius 3 is 2.73 bits per heavy atom. The molecule has 0 spiro atoms. The minimum absolute atomic E-state index is 0.577. The molecule has 84 valence electrons. The Labute approximate surface area is 91.9 Å². The first-order chi connectivity index (χ1) is 7.22. The zero-order chi connectivity index (χ0) is 11.1. The van der Waals surface area contributed by atoms with Gasteiger partial charge in [0.05, 0.1) is 12.3 Å². The van der Waals surface area contributed by atoms with E-state index in [4.69, 9.17) is 4.74 Å². The fourth-order valence-corrected chi connectivity index (χ4v) is 1.25. The fraction of sp³-hybridized carbons (Fsp3) is 0.583. The van der Waals surface area contributed by atoms with Crippen LogP contribution in [0.3, 0.4) is 0 Å². The molecule has 0 aromatic carbocycles. The van der Waals surface area contributed by atoms with Crippen LogP contribution < -0.4 is 5.32 Å². The molecule has 0 aliphatic carbocycles. The average Bonchev–Trinajstić information content (AvgIpc) is 2.20. The van der Waals surface area contributed by atoms with Crippen LogP contribution in [0, 0.1) is 5.92 Å². The molecule has 1 aromatic heterocycles. The third-order valence-electron chi connectivity index (χ3n) is 1.97. The van der Waals surface area contributed by atoms with Crippen molar-refractivity contribution < 1.29 is 4.74 Å². The summed E-state index contributed by atoms with van der Waals surface area (Å²) in [6.07, 6.45) is 1.89. The van der Waals surface area contributed by atoms with Crippen LogP contribution in [0.4, 0.5) is 0 Å². The van der Waals surface area contributed by atoms with Crippen LogP contribution in [0.25, 0.3) is 0 Å². The maximum Gasteiger partial charge on any atom is 0.0887 e. The highest BCUT2D eigenvalue weighted by atomic mass is 16.5. The van der Waals surface area contributed by atoms with E-state index in [0.717, 1.165) is 18.8 Å². The van der Waals surface area contributed by atoms with Crippen molar-refractivity contribution >= 4 is 0 Å². The van der Waals surface area contributed by atoms with Crippen molar-refractivity contribution in [1.29, 1.82) is 0 Å². The monoisotopic (exact) mass is 208 g/mol. The van der Waals surface area contributed by atoms with Gasteiger partial charge in [-0.3, -0.25) is 4.98 Å². The second-order valence-corrected chi connectivity index (χ2v) is 4.10. The van der Waals surface area contributed by atoms with Gasteiger partial charge in [0.25, 0.3) is 0 Å². The van der Waals surface area contributed by atoms with Gasteiger partial charge in [-0.1, -0.05) is 19.9 Å². The van der Waals surface area contributed by atoms with E-state index in [1.165, 1.54) is 5.56 Å². The van der Waals surface area contributed by atoms with Crippen molar-refractivity contribution in [3.63, 3.8) is 0 Å². The lowest BCUT2D eigenvalue weighted by atomic mass is 10.2. The first-order valence-corrected chi connectivity index (χ1v) is 5.38. The number of aromatic nitrogens is 1. The molecular formula is C12H20N2O. The average molecular weight is 208 g/mol. The number of hydrogen-bond acceptors (Lipinski definition) is 3. The molecule has 0 saturated heterocycles. The van der Waals surface area contributed by atoms with E-state index >= 15 is 0 Å². The topological polar surface area (TPSA) is 34.1 Å². The van der Waals surface area contributed by atoms with Gasteiger partial charge in [0.1, 0.15) is 0 Å². The maximum absolute atomic E-state index is 5.50. The van der Waals surface area contributed by atoms with Gasteiger partial charge in [-0.05, 0) is 24.6 Å². The molecule has 1 N–H and O–H groups in total. The van der Waals surface area contributed by atoms with Gasteiger partial charge in [0.2, 0.25) is 0 Å². The quantitative estimate of drug-likeness (QED) is 0.776. The van der Waals surface area contributed by atoms with E-state index in [-0.39, 0.29) is 0 Å². The molecule has 0 saturated carbocycles. The maximum atomic E-state index is 5.50. The molecule has 15 heavy (non-hydrogen) atoms. The van der Waals surface area contributed by atoms with Crippen LogP contribution in [0.2, 0.25) is 0 Å². The molecule has 3 heteroatoms. The summed E-state index contributed by atoms with van der Waals surface area (Å²) in [4.78, 5) is 4.33. The zero-order valence-electron chi connectivity index (χ0n) is 9.79. The van der Waals surface area contributed by atoms with Gasteiger partial charge in [0, 0.05) is 19.3 Å². The van der Waals surface area contributed by atoms with Gasteiger partial charge in [0.15, 0.2) is 0 Å². The van der Waals surface area contributed by atoms with Crippen LogP contribution in [0.1, 0.15) is 25.1 Å². The van der Waals surface area contributed by atoms with E-state index < -0.39 is 0 Å². The van der Waals surface area contributed by atoms with Gasteiger partial charge in [-0.15, -0.1) is 0 Å². The summed E-state index contributed by atoms with van der Waals surface area (Å²) in [5.41, 5.74) is 2.20. The molecule has 1 aromatic rings. The van der Waals surface area contributed by atoms with Gasteiger partial charge < -0.3 is 10.1 Å². The lowest BCUT2D eigenvalue weighted by Gasteiger charge is -2.06. The zero-order valence-corrected chi connectivity index (χ0v) is 9.79. The minimum Gasteiger partial charge on any atom is -0.375 e. The number of pyridine rings is 1. The Morgan fingerprint density at radius 2 is 2.20 bits per heavy atom. The van der Waals surface area contributed by atoms with Crippen molar-refractivity contribution in [3.05, 3.63) is 29.6 Å². The highest BCUT2D eigenvalue weighted by molar-refractivity contribution is 5.13. The van der Waals surface area contributed by atoms with Crippen molar-refractivity contribution in [2.75, 3.05) is 13.7 Å². The van der Waals surface area contributed by atoms with Gasteiger partial charge in [-0.25, -0.2) is 0 Å². The number of rotatable bonds is 6. The van der Waals surface area contributed by atoms with Crippen molar-refractivity contribution in [1.82, 2.24) is 10.3 Å². The summed E-state index contributed by atoms with van der Waals surface area (Å²) >= 11 is 0. The highest BCUT2D eigenvalue weighted by Gasteiger charge is 1.97. The second-order valence-electron chi connectivity index (χ2n) is 4.10. The SMILES string of the molecule is CNCc1ccc(COCC(C)C)nc1. The standard InChI is InChI=1S/C12H20N2O/c1-10(2)8-15-9-12-5-4-11(6-13-3)7-14-12/h4-5,7,10,13H,6,8-9H2,1-3H3. The predicted octanol–water partition coefficient (Wildman–Crippen LogP) is 1.97. The largest absolute Gasteiger partial charge is 0.375 e. The molecule has 3 nitrogen and oxygen atoms in total. The third-order valence-corrected chi connectivity index (χ3v) is 1.97. The van der Waals surface area contributed by atoms with E-state index in [9.17, 15) is 0 Å². The summed E-state index contributed by atoms with van der Waals surface area (Å²) < 4.78 is 5.50. The molecular weight excluding hydrogens is 188 g/mol.